The van der Waals surface area contributed by atoms with Crippen molar-refractivity contribution in [3.05, 3.63) is 157 Å². The molecule has 1 aliphatic heterocycles. The van der Waals surface area contributed by atoms with E-state index in [0.717, 1.165) is 56.7 Å². The maximum Gasteiger partial charge on any atom is 0.167 e. The molecule has 0 saturated heterocycles. The topological polar surface area (TPSA) is 72.2 Å². The van der Waals surface area contributed by atoms with Gasteiger partial charge in [-0.3, -0.25) is 4.57 Å². The van der Waals surface area contributed by atoms with Crippen LogP contribution in [-0.2, 0) is 16.2 Å². The zero-order valence-electron chi connectivity index (χ0n) is 37.5. The average molecular weight is 818 g/mol. The molecule has 8 nitrogen and oxygen atoms in total. The molecule has 5 aromatic carbocycles. The zero-order chi connectivity index (χ0) is 43.6. The summed E-state index contributed by atoms with van der Waals surface area (Å²) in [5, 5.41) is 2.16. The number of hydrogen-bond acceptors (Lipinski definition) is 7. The van der Waals surface area contributed by atoms with Crippen LogP contribution < -0.4 is 9.64 Å². The molecular formula is C54H55N7O. The molecule has 0 radical (unpaired) electrons. The Bertz CT molecular complexity index is 2890. The van der Waals surface area contributed by atoms with Gasteiger partial charge in [-0.25, -0.2) is 19.9 Å². The molecule has 0 atom stereocenters. The molecule has 4 heterocycles. The van der Waals surface area contributed by atoms with E-state index in [1.54, 1.807) is 0 Å². The lowest BCUT2D eigenvalue weighted by molar-refractivity contribution is 0.482. The lowest BCUT2D eigenvalue weighted by atomic mass is 9.86. The maximum absolute atomic E-state index is 7.06. The van der Waals surface area contributed by atoms with Gasteiger partial charge in [0.1, 0.15) is 17.3 Å². The quantitative estimate of drug-likeness (QED) is 0.159. The van der Waals surface area contributed by atoms with E-state index in [2.05, 4.69) is 193 Å². The Morgan fingerprint density at radius 3 is 1.69 bits per heavy atom. The van der Waals surface area contributed by atoms with Gasteiger partial charge in [-0.15, -0.1) is 0 Å². The Hall–Kier alpha value is -6.80. The van der Waals surface area contributed by atoms with Crippen LogP contribution in [-0.4, -0.2) is 43.1 Å². The van der Waals surface area contributed by atoms with E-state index < -0.39 is 0 Å². The largest absolute Gasteiger partial charge is 0.456 e. The van der Waals surface area contributed by atoms with Crippen molar-refractivity contribution >= 4 is 27.5 Å². The van der Waals surface area contributed by atoms with Crippen molar-refractivity contribution in [3.63, 3.8) is 0 Å². The van der Waals surface area contributed by atoms with Crippen molar-refractivity contribution in [3.8, 4) is 51.5 Å². The fourth-order valence-corrected chi connectivity index (χ4v) is 8.05. The van der Waals surface area contributed by atoms with Gasteiger partial charge in [0, 0.05) is 65.4 Å². The summed E-state index contributed by atoms with van der Waals surface area (Å²) in [6.45, 7) is 20.9. The Balaban J connectivity index is 1.31. The van der Waals surface area contributed by atoms with E-state index in [9.17, 15) is 0 Å². The van der Waals surface area contributed by atoms with Crippen LogP contribution in [0.1, 0.15) is 79.0 Å². The van der Waals surface area contributed by atoms with E-state index in [0.29, 0.717) is 29.0 Å². The van der Waals surface area contributed by atoms with E-state index >= 15 is 0 Å². The van der Waals surface area contributed by atoms with Crippen molar-refractivity contribution in [2.24, 2.45) is 0 Å². The second kappa shape index (κ2) is 15.3. The van der Waals surface area contributed by atoms with Crippen LogP contribution in [0.4, 0.5) is 5.69 Å². The maximum atomic E-state index is 7.06. The summed E-state index contributed by atoms with van der Waals surface area (Å²) in [6.07, 6.45) is 6.00. The molecule has 312 valence electrons. The third-order valence-electron chi connectivity index (χ3n) is 11.8. The van der Waals surface area contributed by atoms with Gasteiger partial charge in [0.15, 0.2) is 17.5 Å². The fraction of sp³-hybridized carbons (Fsp3) is 0.259. The molecule has 1 aliphatic rings. The summed E-state index contributed by atoms with van der Waals surface area (Å²) in [5.41, 5.74) is 9.31. The first-order valence-corrected chi connectivity index (χ1v) is 21.5. The van der Waals surface area contributed by atoms with Crippen LogP contribution in [0.5, 0.6) is 11.5 Å². The monoisotopic (exact) mass is 817 g/mol. The number of pyridine rings is 1. The van der Waals surface area contributed by atoms with Gasteiger partial charge in [-0.05, 0) is 75.4 Å². The highest BCUT2D eigenvalue weighted by atomic mass is 16.5. The molecule has 0 fully saturated rings. The number of anilines is 1. The Morgan fingerprint density at radius 2 is 1.13 bits per heavy atom. The third-order valence-corrected chi connectivity index (χ3v) is 11.8. The van der Waals surface area contributed by atoms with Crippen LogP contribution in [0, 0.1) is 0 Å². The summed E-state index contributed by atoms with van der Waals surface area (Å²) in [6, 6.07) is 42.6. The number of aromatic nitrogens is 5. The lowest BCUT2D eigenvalue weighted by Crippen LogP contribution is -2.21. The lowest BCUT2D eigenvalue weighted by Gasteiger charge is -2.20. The highest BCUT2D eigenvalue weighted by Gasteiger charge is 2.24. The summed E-state index contributed by atoms with van der Waals surface area (Å²) in [4.78, 5) is 25.0. The Kier molecular flexibility index (Phi) is 10.0. The number of benzene rings is 5. The highest BCUT2D eigenvalue weighted by Crippen LogP contribution is 2.43. The molecule has 0 spiro atoms. The van der Waals surface area contributed by atoms with Crippen LogP contribution in [0.15, 0.2) is 140 Å². The molecule has 0 amide bonds. The average Bonchev–Trinajstić information content (AvgIpc) is 3.83. The normalized spacial score (nSPS) is 13.5. The minimum Gasteiger partial charge on any atom is -0.456 e. The number of hydrogen-bond donors (Lipinski definition) is 0. The molecule has 0 N–H and O–H groups in total. The minimum absolute atomic E-state index is 0.00397. The highest BCUT2D eigenvalue weighted by molar-refractivity contribution is 6.11. The van der Waals surface area contributed by atoms with Crippen molar-refractivity contribution in [1.82, 2.24) is 29.4 Å². The van der Waals surface area contributed by atoms with Crippen molar-refractivity contribution in [1.29, 1.82) is 0 Å². The summed E-state index contributed by atoms with van der Waals surface area (Å²) >= 11 is 0. The van der Waals surface area contributed by atoms with E-state index in [1.165, 1.54) is 16.7 Å². The first-order chi connectivity index (χ1) is 29.5. The second-order valence-corrected chi connectivity index (χ2v) is 19.6. The summed E-state index contributed by atoms with van der Waals surface area (Å²) in [5.74, 6) is 3.85. The third kappa shape index (κ3) is 7.93. The fourth-order valence-electron chi connectivity index (χ4n) is 8.05. The van der Waals surface area contributed by atoms with Crippen LogP contribution in [0.2, 0.25) is 0 Å². The molecule has 8 heteroatoms. The minimum atomic E-state index is -0.0626. The second-order valence-electron chi connectivity index (χ2n) is 19.6. The van der Waals surface area contributed by atoms with E-state index in [1.807, 2.05) is 30.5 Å². The van der Waals surface area contributed by atoms with Gasteiger partial charge in [-0.1, -0.05) is 129 Å². The van der Waals surface area contributed by atoms with Crippen LogP contribution >= 0.6 is 0 Å². The molecule has 3 aromatic heterocycles. The zero-order valence-corrected chi connectivity index (χ0v) is 37.5. The smallest absolute Gasteiger partial charge is 0.167 e. The molecule has 0 bridgehead atoms. The van der Waals surface area contributed by atoms with E-state index in [4.69, 9.17) is 24.7 Å². The van der Waals surface area contributed by atoms with Crippen LogP contribution in [0.25, 0.3) is 61.8 Å². The van der Waals surface area contributed by atoms with Gasteiger partial charge in [0.05, 0.1) is 23.3 Å². The first kappa shape index (κ1) is 40.6. The van der Waals surface area contributed by atoms with Gasteiger partial charge in [0.25, 0.3) is 0 Å². The molecule has 8 aromatic rings. The van der Waals surface area contributed by atoms with Crippen LogP contribution in [0.3, 0.4) is 0 Å². The summed E-state index contributed by atoms with van der Waals surface area (Å²) in [7, 11) is 2.07. The molecule has 62 heavy (non-hydrogen) atoms. The van der Waals surface area contributed by atoms with Gasteiger partial charge < -0.3 is 14.5 Å². The molecule has 0 unspecified atom stereocenters. The molecular weight excluding hydrogens is 763 g/mol. The SMILES string of the molecule is CN1C=CN(c2cccc(Oc3cc4c(cc3-c3nc(-c5ccc(C(C)(C)C)cc5)nc(-c5ccc(C(C)(C)C)cc5)n3)c3cc(C(C)(C)C)ccc3n4-c3ccccn3)c2)C1. The number of nitrogens with zero attached hydrogens (tertiary/aromatic N) is 7. The van der Waals surface area contributed by atoms with Crippen molar-refractivity contribution in [2.75, 3.05) is 18.6 Å². The number of ether oxygens (including phenoxy) is 1. The van der Waals surface area contributed by atoms with E-state index in [-0.39, 0.29) is 16.2 Å². The van der Waals surface area contributed by atoms with Crippen molar-refractivity contribution < 1.29 is 4.74 Å². The van der Waals surface area contributed by atoms with Gasteiger partial charge >= 0.3 is 0 Å². The number of rotatable bonds is 7. The molecule has 0 saturated carbocycles. The van der Waals surface area contributed by atoms with Gasteiger partial charge in [-0.2, -0.15) is 0 Å². The molecule has 9 rings (SSSR count). The van der Waals surface area contributed by atoms with Crippen molar-refractivity contribution in [2.45, 2.75) is 78.6 Å². The molecule has 0 aliphatic carbocycles. The standard InChI is InChI=1S/C54H55N7O/c1-52(2,3)37-21-17-35(18-22-37)49-56-50(36-19-23-38(24-20-36)53(4,5)6)58-51(57-49)44-32-43-42-30-39(54(7,8)9)25-26-45(42)61(48-16-11-12-27-55-48)46(43)33-47(44)62-41-15-13-14-40(31-41)60-29-28-59(10)34-60/h11-33H,34H2,1-10H3. The Labute approximate surface area is 365 Å². The predicted molar refractivity (Wildman–Crippen MR) is 255 cm³/mol. The first-order valence-electron chi connectivity index (χ1n) is 21.5. The summed E-state index contributed by atoms with van der Waals surface area (Å²) < 4.78 is 9.29. The van der Waals surface area contributed by atoms with Gasteiger partial charge in [0.2, 0.25) is 0 Å². The number of fused-ring (bicyclic) bond motifs is 3. The Morgan fingerprint density at radius 1 is 0.532 bits per heavy atom. The predicted octanol–water partition coefficient (Wildman–Crippen LogP) is 13.2.